The molecule has 1 fully saturated rings. The molecule has 0 spiro atoms. The summed E-state index contributed by atoms with van der Waals surface area (Å²) in [6, 6.07) is 0. The third-order valence-corrected chi connectivity index (χ3v) is 2.50. The predicted molar refractivity (Wildman–Crippen MR) is 46.4 cm³/mol. The van der Waals surface area contributed by atoms with Crippen molar-refractivity contribution in [1.82, 2.24) is 0 Å². The summed E-state index contributed by atoms with van der Waals surface area (Å²) in [7, 11) is 0. The molecule has 0 heterocycles. The van der Waals surface area contributed by atoms with Crippen molar-refractivity contribution in [3.63, 3.8) is 0 Å². The molecule has 2 nitrogen and oxygen atoms in total. The van der Waals surface area contributed by atoms with E-state index >= 15 is 0 Å². The second-order valence-electron chi connectivity index (χ2n) is 3.73. The lowest BCUT2D eigenvalue weighted by molar-refractivity contribution is 0.124. The first-order valence-electron chi connectivity index (χ1n) is 4.53. The van der Waals surface area contributed by atoms with Gasteiger partial charge in [0.25, 0.3) is 0 Å². The highest BCUT2D eigenvalue weighted by molar-refractivity contribution is 4.94. The first-order valence-corrected chi connectivity index (χ1v) is 4.53. The van der Waals surface area contributed by atoms with E-state index < -0.39 is 0 Å². The van der Waals surface area contributed by atoms with E-state index in [0.717, 1.165) is 25.6 Å². The zero-order valence-corrected chi connectivity index (χ0v) is 7.60. The van der Waals surface area contributed by atoms with Crippen LogP contribution >= 0.6 is 0 Å². The van der Waals surface area contributed by atoms with E-state index in [1.165, 1.54) is 12.8 Å². The lowest BCUT2D eigenvalue weighted by Gasteiger charge is -2.23. The predicted octanol–water partition coefficient (Wildman–Crippen LogP) is 1.54. The van der Waals surface area contributed by atoms with E-state index in [0.29, 0.717) is 0 Å². The lowest BCUT2D eigenvalue weighted by atomic mass is 9.94. The summed E-state index contributed by atoms with van der Waals surface area (Å²) >= 11 is 0. The largest absolute Gasteiger partial charge is 0.382 e. The van der Waals surface area contributed by atoms with Crippen LogP contribution in [-0.2, 0) is 4.74 Å². The SMILES string of the molecule is CCOCCC(C)(N)C1CC1. The highest BCUT2D eigenvalue weighted by Gasteiger charge is 2.37. The fraction of sp³-hybridized carbons (Fsp3) is 1.00. The minimum absolute atomic E-state index is 0.0369. The monoisotopic (exact) mass is 157 g/mol. The van der Waals surface area contributed by atoms with Gasteiger partial charge in [0.05, 0.1) is 0 Å². The highest BCUT2D eigenvalue weighted by Crippen LogP contribution is 2.39. The summed E-state index contributed by atoms with van der Waals surface area (Å²) in [6.07, 6.45) is 3.64. The molecule has 2 N–H and O–H groups in total. The Morgan fingerprint density at radius 2 is 2.18 bits per heavy atom. The Hall–Kier alpha value is -0.0800. The highest BCUT2D eigenvalue weighted by atomic mass is 16.5. The summed E-state index contributed by atoms with van der Waals surface area (Å²) in [5.41, 5.74) is 6.12. The van der Waals surface area contributed by atoms with Gasteiger partial charge >= 0.3 is 0 Å². The minimum atomic E-state index is 0.0369. The summed E-state index contributed by atoms with van der Waals surface area (Å²) in [5, 5.41) is 0. The van der Waals surface area contributed by atoms with Crippen LogP contribution in [0.5, 0.6) is 0 Å². The van der Waals surface area contributed by atoms with Crippen molar-refractivity contribution in [2.75, 3.05) is 13.2 Å². The molecule has 0 radical (unpaired) electrons. The van der Waals surface area contributed by atoms with E-state index in [-0.39, 0.29) is 5.54 Å². The number of rotatable bonds is 5. The Balaban J connectivity index is 2.12. The van der Waals surface area contributed by atoms with Crippen LogP contribution in [0.1, 0.15) is 33.1 Å². The van der Waals surface area contributed by atoms with Crippen molar-refractivity contribution in [1.29, 1.82) is 0 Å². The second-order valence-corrected chi connectivity index (χ2v) is 3.73. The number of hydrogen-bond donors (Lipinski definition) is 1. The van der Waals surface area contributed by atoms with Gasteiger partial charge < -0.3 is 10.5 Å². The molecule has 1 rings (SSSR count). The maximum Gasteiger partial charge on any atom is 0.0483 e. The first kappa shape index (κ1) is 9.01. The zero-order valence-electron chi connectivity index (χ0n) is 7.60. The van der Waals surface area contributed by atoms with Crippen molar-refractivity contribution < 1.29 is 4.74 Å². The molecule has 0 aliphatic heterocycles. The van der Waals surface area contributed by atoms with E-state index in [4.69, 9.17) is 10.5 Å². The number of ether oxygens (including phenoxy) is 1. The van der Waals surface area contributed by atoms with Crippen LogP contribution in [0.2, 0.25) is 0 Å². The summed E-state index contributed by atoms with van der Waals surface area (Å²) < 4.78 is 5.27. The standard InChI is InChI=1S/C9H19NO/c1-3-11-7-6-9(2,10)8-4-5-8/h8H,3-7,10H2,1-2H3. The van der Waals surface area contributed by atoms with Gasteiger partial charge in [-0.15, -0.1) is 0 Å². The first-order chi connectivity index (χ1) is 5.17. The molecule has 1 unspecified atom stereocenters. The Labute approximate surface area is 69.1 Å². The molecule has 0 amide bonds. The summed E-state index contributed by atoms with van der Waals surface area (Å²) in [5.74, 6) is 0.767. The maximum absolute atomic E-state index is 6.08. The third-order valence-electron chi connectivity index (χ3n) is 2.50. The van der Waals surface area contributed by atoms with Crippen LogP contribution in [0.25, 0.3) is 0 Å². The molecular weight excluding hydrogens is 138 g/mol. The number of nitrogens with two attached hydrogens (primary N) is 1. The maximum atomic E-state index is 6.08. The van der Waals surface area contributed by atoms with Gasteiger partial charge in [-0.25, -0.2) is 0 Å². The van der Waals surface area contributed by atoms with E-state index in [2.05, 4.69) is 6.92 Å². The fourth-order valence-corrected chi connectivity index (χ4v) is 1.38. The van der Waals surface area contributed by atoms with Gasteiger partial charge in [0.1, 0.15) is 0 Å². The van der Waals surface area contributed by atoms with Gasteiger partial charge in [0, 0.05) is 18.8 Å². The molecule has 1 atom stereocenters. The molecule has 0 saturated heterocycles. The average Bonchev–Trinajstić information content (AvgIpc) is 2.68. The molecule has 0 aromatic carbocycles. The van der Waals surface area contributed by atoms with Crippen LogP contribution < -0.4 is 5.73 Å². The van der Waals surface area contributed by atoms with E-state index in [1.54, 1.807) is 0 Å². The van der Waals surface area contributed by atoms with Crippen molar-refractivity contribution in [2.45, 2.75) is 38.6 Å². The minimum Gasteiger partial charge on any atom is -0.382 e. The van der Waals surface area contributed by atoms with Gasteiger partial charge in [-0.3, -0.25) is 0 Å². The Bertz CT molecular complexity index is 119. The quantitative estimate of drug-likeness (QED) is 0.614. The molecule has 1 saturated carbocycles. The van der Waals surface area contributed by atoms with E-state index in [1.807, 2.05) is 6.92 Å². The topological polar surface area (TPSA) is 35.2 Å². The van der Waals surface area contributed by atoms with Crippen molar-refractivity contribution in [2.24, 2.45) is 11.7 Å². The molecule has 1 aliphatic carbocycles. The van der Waals surface area contributed by atoms with Gasteiger partial charge in [0.15, 0.2) is 0 Å². The number of hydrogen-bond acceptors (Lipinski definition) is 2. The average molecular weight is 157 g/mol. The molecular formula is C9H19NO. The second kappa shape index (κ2) is 3.55. The molecule has 0 aromatic rings. The third kappa shape index (κ3) is 2.80. The van der Waals surface area contributed by atoms with Gasteiger partial charge in [0.2, 0.25) is 0 Å². The van der Waals surface area contributed by atoms with Crippen molar-refractivity contribution in [3.05, 3.63) is 0 Å². The van der Waals surface area contributed by atoms with Gasteiger partial charge in [-0.05, 0) is 39.0 Å². The van der Waals surface area contributed by atoms with Gasteiger partial charge in [-0.2, -0.15) is 0 Å². The van der Waals surface area contributed by atoms with Crippen LogP contribution in [0.15, 0.2) is 0 Å². The van der Waals surface area contributed by atoms with E-state index in [9.17, 15) is 0 Å². The van der Waals surface area contributed by atoms with Crippen LogP contribution in [0.4, 0.5) is 0 Å². The van der Waals surface area contributed by atoms with Crippen molar-refractivity contribution >= 4 is 0 Å². The Morgan fingerprint density at radius 3 is 2.64 bits per heavy atom. The summed E-state index contributed by atoms with van der Waals surface area (Å²) in [6.45, 7) is 5.79. The summed E-state index contributed by atoms with van der Waals surface area (Å²) in [4.78, 5) is 0. The molecule has 1 aliphatic rings. The molecule has 0 bridgehead atoms. The van der Waals surface area contributed by atoms with Crippen molar-refractivity contribution in [3.8, 4) is 0 Å². The lowest BCUT2D eigenvalue weighted by Crippen LogP contribution is -2.39. The molecule has 11 heavy (non-hydrogen) atoms. The molecule has 2 heteroatoms. The zero-order chi connectivity index (χ0) is 8.32. The van der Waals surface area contributed by atoms with Crippen LogP contribution in [0, 0.1) is 5.92 Å². The van der Waals surface area contributed by atoms with Crippen LogP contribution in [-0.4, -0.2) is 18.8 Å². The molecule has 66 valence electrons. The fourth-order valence-electron chi connectivity index (χ4n) is 1.38. The Kier molecular flexibility index (Phi) is 2.90. The van der Waals surface area contributed by atoms with Gasteiger partial charge in [-0.1, -0.05) is 0 Å². The Morgan fingerprint density at radius 1 is 1.55 bits per heavy atom. The smallest absolute Gasteiger partial charge is 0.0483 e. The molecule has 0 aromatic heterocycles. The normalized spacial score (nSPS) is 23.2. The van der Waals surface area contributed by atoms with Crippen LogP contribution in [0.3, 0.4) is 0 Å².